The lowest BCUT2D eigenvalue weighted by Gasteiger charge is -2.42. The normalized spacial score (nSPS) is 27.8. The molecule has 1 aliphatic heterocycles. The smallest absolute Gasteiger partial charge is 0.428 e. The number of nitrogens with one attached hydrogen (secondary N) is 1. The van der Waals surface area contributed by atoms with Gasteiger partial charge in [0.2, 0.25) is 5.78 Å². The summed E-state index contributed by atoms with van der Waals surface area (Å²) >= 11 is 0. The van der Waals surface area contributed by atoms with Crippen LogP contribution in [0.4, 0.5) is 4.79 Å². The fourth-order valence-corrected chi connectivity index (χ4v) is 6.20. The van der Waals surface area contributed by atoms with Crippen LogP contribution in [-0.2, 0) is 20.6 Å². The molecule has 1 saturated heterocycles. The highest BCUT2D eigenvalue weighted by atomic mass is 16.7. The molecule has 6 atom stereocenters. The Bertz CT molecular complexity index is 1620. The molecule has 2 aromatic rings. The Kier molecular flexibility index (Phi) is 8.64. The summed E-state index contributed by atoms with van der Waals surface area (Å²) in [6.07, 6.45) is -5.46. The van der Waals surface area contributed by atoms with Crippen molar-refractivity contribution < 1.29 is 53.8 Å². The third-order valence-electron chi connectivity index (χ3n) is 8.53. The largest absolute Gasteiger partial charge is 0.507 e. The number of ether oxygens (including phenoxy) is 4. The van der Waals surface area contributed by atoms with Crippen LogP contribution >= 0.6 is 0 Å². The Balaban J connectivity index is 1.63. The van der Waals surface area contributed by atoms with Crippen molar-refractivity contribution in [2.75, 3.05) is 7.11 Å². The molecule has 5 rings (SSSR count). The number of hydrazone groups is 1. The SMILES string of the molecule is COc1cccc2c1C(=O)c1c(O)c3c(c(O)c1C2=O)CC(O)(/C(C)=N\NC(=O)OC(C)(C)C)CC3OC1CC(N)C(O)C(C)O1. The van der Waals surface area contributed by atoms with E-state index in [-0.39, 0.29) is 53.0 Å². The van der Waals surface area contributed by atoms with Gasteiger partial charge in [0, 0.05) is 42.0 Å². The summed E-state index contributed by atoms with van der Waals surface area (Å²) in [5.41, 5.74) is 4.57. The van der Waals surface area contributed by atoms with Crippen LogP contribution in [0, 0.1) is 0 Å². The number of nitrogens with zero attached hydrogens (tertiary/aromatic N) is 1. The highest BCUT2D eigenvalue weighted by Gasteiger charge is 2.49. The first-order chi connectivity index (χ1) is 21.5. The molecule has 14 heteroatoms. The maximum absolute atomic E-state index is 13.9. The van der Waals surface area contributed by atoms with Crippen LogP contribution < -0.4 is 15.9 Å². The highest BCUT2D eigenvalue weighted by molar-refractivity contribution is 6.31. The number of rotatable bonds is 5. The van der Waals surface area contributed by atoms with Gasteiger partial charge >= 0.3 is 6.09 Å². The van der Waals surface area contributed by atoms with Gasteiger partial charge in [0.05, 0.1) is 47.8 Å². The minimum absolute atomic E-state index is 0.00300. The standard InChI is InChI=1S/C32H39N3O11/c1-13-25(36)17(33)10-20(44-13)45-19-12-32(42,14(2)34-35-30(41)46-31(3,4)5)11-16-22(19)29(40)24-23(27(16)38)26(37)15-8-7-9-18(43-6)21(15)28(24)39/h7-9,13,17,19-20,25,36,38,40,42H,10-12,33H2,1-6H3,(H,35,41)/b34-14-. The third-order valence-corrected chi connectivity index (χ3v) is 8.53. The Morgan fingerprint density at radius 3 is 2.43 bits per heavy atom. The van der Waals surface area contributed by atoms with Gasteiger partial charge in [-0.3, -0.25) is 9.59 Å². The number of phenols is 2. The van der Waals surface area contributed by atoms with Gasteiger partial charge in [0.25, 0.3) is 0 Å². The number of hydrogen-bond donors (Lipinski definition) is 6. The number of hydrogen-bond acceptors (Lipinski definition) is 13. The van der Waals surface area contributed by atoms with E-state index < -0.39 is 82.1 Å². The van der Waals surface area contributed by atoms with Gasteiger partial charge in [0.15, 0.2) is 12.1 Å². The molecule has 2 aromatic carbocycles. The number of ketones is 2. The van der Waals surface area contributed by atoms with E-state index in [1.54, 1.807) is 27.7 Å². The number of benzene rings is 2. The van der Waals surface area contributed by atoms with E-state index in [9.17, 15) is 34.8 Å². The molecule has 0 saturated carbocycles. The lowest BCUT2D eigenvalue weighted by atomic mass is 9.72. The zero-order valence-electron chi connectivity index (χ0n) is 26.4. The fourth-order valence-electron chi connectivity index (χ4n) is 6.20. The second kappa shape index (κ2) is 11.9. The summed E-state index contributed by atoms with van der Waals surface area (Å²) in [5.74, 6) is -2.60. The number of fused-ring (bicyclic) bond motifs is 3. The molecule has 6 unspecified atom stereocenters. The zero-order chi connectivity index (χ0) is 33.9. The summed E-state index contributed by atoms with van der Waals surface area (Å²) < 4.78 is 22.6. The quantitative estimate of drug-likeness (QED) is 0.134. The number of aromatic hydroxyl groups is 2. The van der Waals surface area contributed by atoms with E-state index in [2.05, 4.69) is 10.5 Å². The van der Waals surface area contributed by atoms with Crippen molar-refractivity contribution in [1.29, 1.82) is 0 Å². The van der Waals surface area contributed by atoms with Gasteiger partial charge < -0.3 is 45.1 Å². The highest BCUT2D eigenvalue weighted by Crippen LogP contribution is 2.52. The van der Waals surface area contributed by atoms with Crippen molar-refractivity contribution in [3.63, 3.8) is 0 Å². The van der Waals surface area contributed by atoms with Crippen molar-refractivity contribution in [1.82, 2.24) is 5.43 Å². The maximum atomic E-state index is 13.9. The lowest BCUT2D eigenvalue weighted by Crippen LogP contribution is -2.52. The fraction of sp³-hybridized carbons (Fsp3) is 0.500. The average Bonchev–Trinajstić information content (AvgIpc) is 2.97. The zero-order valence-corrected chi connectivity index (χ0v) is 26.4. The van der Waals surface area contributed by atoms with Crippen molar-refractivity contribution in [3.8, 4) is 17.2 Å². The first kappa shape index (κ1) is 33.3. The summed E-state index contributed by atoms with van der Waals surface area (Å²) in [7, 11) is 1.34. The van der Waals surface area contributed by atoms with Gasteiger partial charge in [-0.15, -0.1) is 0 Å². The van der Waals surface area contributed by atoms with Gasteiger partial charge in [0.1, 0.15) is 28.5 Å². The average molecular weight is 642 g/mol. The Hall–Kier alpha value is -4.08. The maximum Gasteiger partial charge on any atom is 0.428 e. The van der Waals surface area contributed by atoms with Crippen LogP contribution in [0.2, 0.25) is 0 Å². The third kappa shape index (κ3) is 5.82. The monoisotopic (exact) mass is 641 g/mol. The number of nitrogens with two attached hydrogens (primary N) is 1. The molecular formula is C32H39N3O11. The van der Waals surface area contributed by atoms with Gasteiger partial charge in [-0.2, -0.15) is 5.10 Å². The van der Waals surface area contributed by atoms with Crippen LogP contribution in [0.3, 0.4) is 0 Å². The minimum Gasteiger partial charge on any atom is -0.507 e. The summed E-state index contributed by atoms with van der Waals surface area (Å²) in [6, 6.07) is 3.72. The van der Waals surface area contributed by atoms with Gasteiger partial charge in [-0.1, -0.05) is 12.1 Å². The van der Waals surface area contributed by atoms with Crippen LogP contribution in [0.1, 0.15) is 96.5 Å². The van der Waals surface area contributed by atoms with E-state index in [4.69, 9.17) is 24.7 Å². The van der Waals surface area contributed by atoms with E-state index in [0.29, 0.717) is 0 Å². The molecule has 46 heavy (non-hydrogen) atoms. The second-order valence-electron chi connectivity index (χ2n) is 12.9. The summed E-state index contributed by atoms with van der Waals surface area (Å²) in [6.45, 7) is 8.07. The molecular weight excluding hydrogens is 602 g/mol. The molecule has 2 aliphatic carbocycles. The molecule has 1 amide bonds. The minimum atomic E-state index is -1.91. The number of carbonyl (C=O) groups is 3. The van der Waals surface area contributed by atoms with Crippen molar-refractivity contribution in [3.05, 3.63) is 51.6 Å². The van der Waals surface area contributed by atoms with E-state index in [0.717, 1.165) is 0 Å². The molecule has 0 bridgehead atoms. The first-order valence-corrected chi connectivity index (χ1v) is 14.8. The molecule has 14 nitrogen and oxygen atoms in total. The number of methoxy groups -OCH3 is 1. The van der Waals surface area contributed by atoms with Crippen molar-refractivity contribution in [2.24, 2.45) is 10.8 Å². The predicted octanol–water partition coefficient (Wildman–Crippen LogP) is 2.34. The van der Waals surface area contributed by atoms with E-state index in [1.165, 1.54) is 32.2 Å². The number of amides is 1. The van der Waals surface area contributed by atoms with Crippen LogP contribution in [0.25, 0.3) is 0 Å². The lowest BCUT2D eigenvalue weighted by molar-refractivity contribution is -0.245. The topological polar surface area (TPSA) is 219 Å². The van der Waals surface area contributed by atoms with E-state index >= 15 is 0 Å². The molecule has 248 valence electrons. The van der Waals surface area contributed by atoms with Crippen LogP contribution in [-0.4, -0.2) is 86.6 Å². The molecule has 1 fully saturated rings. The Morgan fingerprint density at radius 1 is 1.13 bits per heavy atom. The van der Waals surface area contributed by atoms with Crippen molar-refractivity contribution in [2.45, 2.75) is 95.7 Å². The number of carbonyl (C=O) groups excluding carboxylic acids is 3. The summed E-state index contributed by atoms with van der Waals surface area (Å²) in [5, 5.41) is 49.7. The molecule has 0 aromatic heterocycles. The van der Waals surface area contributed by atoms with Crippen LogP contribution in [0.15, 0.2) is 23.3 Å². The summed E-state index contributed by atoms with van der Waals surface area (Å²) in [4.78, 5) is 39.9. The van der Waals surface area contributed by atoms with Gasteiger partial charge in [-0.25, -0.2) is 10.2 Å². The number of phenolic OH excluding ortho intramolecular Hbond substituents is 2. The second-order valence-corrected chi connectivity index (χ2v) is 12.9. The van der Waals surface area contributed by atoms with Gasteiger partial charge in [-0.05, 0) is 40.7 Å². The molecule has 0 radical (unpaired) electrons. The molecule has 7 N–H and O–H groups in total. The predicted molar refractivity (Wildman–Crippen MR) is 162 cm³/mol. The molecule has 0 spiro atoms. The number of aliphatic hydroxyl groups is 2. The van der Waals surface area contributed by atoms with Crippen molar-refractivity contribution >= 4 is 23.4 Å². The molecule has 3 aliphatic rings. The first-order valence-electron chi connectivity index (χ1n) is 14.8. The van der Waals surface area contributed by atoms with E-state index in [1.807, 2.05) is 0 Å². The van der Waals surface area contributed by atoms with Crippen LogP contribution in [0.5, 0.6) is 17.2 Å². The Labute approximate surface area is 265 Å². The number of aliphatic hydroxyl groups excluding tert-OH is 1. The Morgan fingerprint density at radius 2 is 1.80 bits per heavy atom. The molecule has 1 heterocycles.